The molecule has 2 amide bonds. The first-order valence-electron chi connectivity index (χ1n) is 9.08. The Balaban J connectivity index is 1.68. The van der Waals surface area contributed by atoms with Crippen LogP contribution in [0.4, 0.5) is 5.69 Å². The highest BCUT2D eigenvalue weighted by Gasteiger charge is 2.36. The summed E-state index contributed by atoms with van der Waals surface area (Å²) in [7, 11) is 1.63. The Morgan fingerprint density at radius 2 is 1.89 bits per heavy atom. The number of rotatable bonds is 8. The second-order valence-electron chi connectivity index (χ2n) is 6.43. The van der Waals surface area contributed by atoms with Crippen LogP contribution in [0.5, 0.6) is 11.5 Å². The van der Waals surface area contributed by atoms with Crippen LogP contribution in [-0.4, -0.2) is 38.6 Å². The highest BCUT2D eigenvalue weighted by molar-refractivity contribution is 6.01. The van der Waals surface area contributed by atoms with Gasteiger partial charge in [-0.05, 0) is 30.7 Å². The van der Waals surface area contributed by atoms with Crippen LogP contribution >= 0.6 is 0 Å². The number of hydrogen-bond acceptors (Lipinski definition) is 4. The van der Waals surface area contributed by atoms with E-state index in [2.05, 4.69) is 5.32 Å². The second kappa shape index (κ2) is 9.19. The van der Waals surface area contributed by atoms with Gasteiger partial charge in [-0.1, -0.05) is 30.3 Å². The number of amides is 2. The molecular formula is C21H24N2O4. The molecule has 1 fully saturated rings. The lowest BCUT2D eigenvalue weighted by Crippen LogP contribution is -2.33. The first-order valence-corrected chi connectivity index (χ1v) is 9.08. The average Bonchev–Trinajstić information content (AvgIpc) is 3.08. The maximum absolute atomic E-state index is 12.5. The number of anilines is 1. The Morgan fingerprint density at radius 3 is 2.67 bits per heavy atom. The summed E-state index contributed by atoms with van der Waals surface area (Å²) in [5.74, 6) is 0.770. The predicted molar refractivity (Wildman–Crippen MR) is 103 cm³/mol. The highest BCUT2D eigenvalue weighted by Crippen LogP contribution is 2.35. The summed E-state index contributed by atoms with van der Waals surface area (Å²) < 4.78 is 10.9. The van der Waals surface area contributed by atoms with Gasteiger partial charge in [-0.25, -0.2) is 0 Å². The van der Waals surface area contributed by atoms with Crippen molar-refractivity contribution in [1.29, 1.82) is 0 Å². The van der Waals surface area contributed by atoms with Crippen molar-refractivity contribution in [3.63, 3.8) is 0 Å². The van der Waals surface area contributed by atoms with Crippen molar-refractivity contribution in [2.45, 2.75) is 12.8 Å². The van der Waals surface area contributed by atoms with Crippen LogP contribution in [0.1, 0.15) is 12.8 Å². The first kappa shape index (κ1) is 18.9. The number of ether oxygens (including phenoxy) is 2. The summed E-state index contributed by atoms with van der Waals surface area (Å²) in [6.07, 6.45) is 0.955. The van der Waals surface area contributed by atoms with Crippen molar-refractivity contribution in [2.75, 3.05) is 31.7 Å². The van der Waals surface area contributed by atoms with E-state index in [1.54, 1.807) is 12.0 Å². The summed E-state index contributed by atoms with van der Waals surface area (Å²) in [6, 6.07) is 16.8. The third-order valence-electron chi connectivity index (χ3n) is 4.45. The molecule has 6 nitrogen and oxygen atoms in total. The number of benzene rings is 2. The molecule has 1 saturated heterocycles. The molecule has 0 bridgehead atoms. The van der Waals surface area contributed by atoms with Crippen LogP contribution < -0.4 is 15.0 Å². The molecule has 6 heteroatoms. The molecule has 2 aromatic rings. The molecule has 0 aliphatic carbocycles. The number of para-hydroxylation sites is 3. The SMILES string of the molecule is COCCCNC(=O)C1CC(=O)N(c2ccccc2Oc2ccccc2)C1. The number of hydrogen-bond donors (Lipinski definition) is 1. The Labute approximate surface area is 159 Å². The zero-order chi connectivity index (χ0) is 19.1. The second-order valence-corrected chi connectivity index (χ2v) is 6.43. The van der Waals surface area contributed by atoms with Gasteiger partial charge in [-0.3, -0.25) is 9.59 Å². The monoisotopic (exact) mass is 368 g/mol. The normalized spacial score (nSPS) is 16.4. The van der Waals surface area contributed by atoms with E-state index in [1.807, 2.05) is 54.6 Å². The van der Waals surface area contributed by atoms with Crippen molar-refractivity contribution in [3.05, 3.63) is 54.6 Å². The van der Waals surface area contributed by atoms with Gasteiger partial charge in [0.05, 0.1) is 11.6 Å². The van der Waals surface area contributed by atoms with Crippen LogP contribution in [0.3, 0.4) is 0 Å². The molecule has 1 aliphatic heterocycles. The molecule has 1 N–H and O–H groups in total. The molecule has 142 valence electrons. The van der Waals surface area contributed by atoms with E-state index in [-0.39, 0.29) is 24.2 Å². The van der Waals surface area contributed by atoms with Crippen LogP contribution in [0, 0.1) is 5.92 Å². The fraction of sp³-hybridized carbons (Fsp3) is 0.333. The largest absolute Gasteiger partial charge is 0.455 e. The minimum atomic E-state index is -0.357. The van der Waals surface area contributed by atoms with Gasteiger partial charge in [0.25, 0.3) is 0 Å². The van der Waals surface area contributed by atoms with Crippen LogP contribution in [-0.2, 0) is 14.3 Å². The van der Waals surface area contributed by atoms with Crippen molar-refractivity contribution >= 4 is 17.5 Å². The summed E-state index contributed by atoms with van der Waals surface area (Å²) in [5.41, 5.74) is 0.682. The van der Waals surface area contributed by atoms with E-state index in [1.165, 1.54) is 0 Å². The van der Waals surface area contributed by atoms with Crippen LogP contribution in [0.25, 0.3) is 0 Å². The van der Waals surface area contributed by atoms with E-state index in [0.29, 0.717) is 36.9 Å². The van der Waals surface area contributed by atoms with Gasteiger partial charge in [0, 0.05) is 33.2 Å². The number of methoxy groups -OCH3 is 1. The van der Waals surface area contributed by atoms with E-state index < -0.39 is 0 Å². The van der Waals surface area contributed by atoms with E-state index in [0.717, 1.165) is 6.42 Å². The standard InChI is InChI=1S/C21H24N2O4/c1-26-13-7-12-22-21(25)16-14-20(24)23(15-16)18-10-5-6-11-19(18)27-17-8-3-2-4-9-17/h2-6,8-11,16H,7,12-15H2,1H3,(H,22,25). The summed E-state index contributed by atoms with van der Waals surface area (Å²) in [6.45, 7) is 1.50. The van der Waals surface area contributed by atoms with Gasteiger partial charge in [0.1, 0.15) is 5.75 Å². The van der Waals surface area contributed by atoms with Crippen LogP contribution in [0.15, 0.2) is 54.6 Å². The fourth-order valence-electron chi connectivity index (χ4n) is 3.07. The molecule has 0 spiro atoms. The first-order chi connectivity index (χ1) is 13.2. The number of carbonyl (C=O) groups is 2. The molecule has 2 aromatic carbocycles. The minimum absolute atomic E-state index is 0.0730. The quantitative estimate of drug-likeness (QED) is 0.728. The van der Waals surface area contributed by atoms with Crippen molar-refractivity contribution < 1.29 is 19.1 Å². The Hall–Kier alpha value is -2.86. The van der Waals surface area contributed by atoms with Gasteiger partial charge < -0.3 is 19.7 Å². The lowest BCUT2D eigenvalue weighted by molar-refractivity contribution is -0.126. The van der Waals surface area contributed by atoms with Crippen molar-refractivity contribution in [2.24, 2.45) is 5.92 Å². The smallest absolute Gasteiger partial charge is 0.227 e. The Morgan fingerprint density at radius 1 is 1.15 bits per heavy atom. The fourth-order valence-corrected chi connectivity index (χ4v) is 3.07. The highest BCUT2D eigenvalue weighted by atomic mass is 16.5. The topological polar surface area (TPSA) is 67.9 Å². The van der Waals surface area contributed by atoms with Gasteiger partial charge in [-0.15, -0.1) is 0 Å². The van der Waals surface area contributed by atoms with Gasteiger partial charge in [0.2, 0.25) is 11.8 Å². The summed E-state index contributed by atoms with van der Waals surface area (Å²) in [5, 5.41) is 2.88. The van der Waals surface area contributed by atoms with Gasteiger partial charge >= 0.3 is 0 Å². The number of carbonyl (C=O) groups excluding carboxylic acids is 2. The summed E-state index contributed by atoms with van der Waals surface area (Å²) >= 11 is 0. The average molecular weight is 368 g/mol. The molecule has 1 atom stereocenters. The zero-order valence-corrected chi connectivity index (χ0v) is 15.4. The lowest BCUT2D eigenvalue weighted by Gasteiger charge is -2.20. The molecule has 3 rings (SSSR count). The molecule has 1 unspecified atom stereocenters. The zero-order valence-electron chi connectivity index (χ0n) is 15.4. The maximum atomic E-state index is 12.5. The van der Waals surface area contributed by atoms with Crippen molar-refractivity contribution in [1.82, 2.24) is 5.32 Å². The Kier molecular flexibility index (Phi) is 6.44. The van der Waals surface area contributed by atoms with E-state index in [4.69, 9.17) is 9.47 Å². The molecule has 0 radical (unpaired) electrons. The molecular weight excluding hydrogens is 344 g/mol. The van der Waals surface area contributed by atoms with Crippen LogP contribution in [0.2, 0.25) is 0 Å². The maximum Gasteiger partial charge on any atom is 0.227 e. The predicted octanol–water partition coefficient (Wildman–Crippen LogP) is 2.98. The molecule has 27 heavy (non-hydrogen) atoms. The van der Waals surface area contributed by atoms with Gasteiger partial charge in [-0.2, -0.15) is 0 Å². The number of nitrogens with zero attached hydrogens (tertiary/aromatic N) is 1. The summed E-state index contributed by atoms with van der Waals surface area (Å²) in [4.78, 5) is 26.5. The lowest BCUT2D eigenvalue weighted by atomic mass is 10.1. The van der Waals surface area contributed by atoms with E-state index in [9.17, 15) is 9.59 Å². The number of nitrogens with one attached hydrogen (secondary N) is 1. The van der Waals surface area contributed by atoms with Crippen molar-refractivity contribution in [3.8, 4) is 11.5 Å². The third-order valence-corrected chi connectivity index (χ3v) is 4.45. The van der Waals surface area contributed by atoms with Gasteiger partial charge in [0.15, 0.2) is 5.75 Å². The molecule has 0 saturated carbocycles. The van der Waals surface area contributed by atoms with E-state index >= 15 is 0 Å². The molecule has 1 aliphatic rings. The Bertz CT molecular complexity index is 779. The molecule has 0 aromatic heterocycles. The minimum Gasteiger partial charge on any atom is -0.455 e. The molecule has 1 heterocycles. The third kappa shape index (κ3) is 4.86.